The van der Waals surface area contributed by atoms with Crippen molar-refractivity contribution in [1.29, 1.82) is 0 Å². The highest BCUT2D eigenvalue weighted by atomic mass is 19.4. The van der Waals surface area contributed by atoms with Gasteiger partial charge >= 0.3 is 6.18 Å². The van der Waals surface area contributed by atoms with E-state index in [-0.39, 0.29) is 36.8 Å². The zero-order valence-corrected chi connectivity index (χ0v) is 19.2. The van der Waals surface area contributed by atoms with E-state index in [4.69, 9.17) is 5.73 Å². The summed E-state index contributed by atoms with van der Waals surface area (Å²) in [6.45, 7) is 0.905. The van der Waals surface area contributed by atoms with Gasteiger partial charge in [-0.25, -0.2) is 18.7 Å². The van der Waals surface area contributed by atoms with Gasteiger partial charge in [0.05, 0.1) is 18.2 Å². The van der Waals surface area contributed by atoms with E-state index in [1.54, 1.807) is 4.90 Å². The third-order valence-electron chi connectivity index (χ3n) is 6.65. The van der Waals surface area contributed by atoms with Gasteiger partial charge in [-0.1, -0.05) is 6.07 Å². The largest absolute Gasteiger partial charge is 0.416 e. The number of hydrogen-bond donors (Lipinski definition) is 2. The number of halogens is 6. The van der Waals surface area contributed by atoms with Gasteiger partial charge in [0.15, 0.2) is 11.6 Å². The summed E-state index contributed by atoms with van der Waals surface area (Å²) in [5.41, 5.74) is 4.08. The van der Waals surface area contributed by atoms with Gasteiger partial charge in [-0.2, -0.15) is 17.6 Å². The standard InChI is InChI=1S/C23H26F6N6O/c24-16-8-14(23(27,28)29)3-4-15(16)18-2-1-6-35(18)22-20(26)21(32-12-33-22)31-9-13-5-7-34(10-17(13)25)11-19(30)36/h3-4,8,12-13,17-18H,1-2,5-7,9-11H2,(H2,30,36)(H,31,32,33)/t13?,17?,18-/m0/s1. The summed E-state index contributed by atoms with van der Waals surface area (Å²) in [6, 6.07) is 1.62. The Kier molecular flexibility index (Phi) is 7.57. The lowest BCUT2D eigenvalue weighted by Gasteiger charge is -2.34. The first-order valence-corrected chi connectivity index (χ1v) is 11.6. The fourth-order valence-electron chi connectivity index (χ4n) is 4.84. The van der Waals surface area contributed by atoms with E-state index in [1.807, 2.05) is 0 Å². The molecule has 2 fully saturated rings. The summed E-state index contributed by atoms with van der Waals surface area (Å²) in [5, 5.41) is 2.82. The second kappa shape index (κ2) is 10.5. The predicted octanol–water partition coefficient (Wildman–Crippen LogP) is 3.67. The Morgan fingerprint density at radius 3 is 2.61 bits per heavy atom. The summed E-state index contributed by atoms with van der Waals surface area (Å²) in [6.07, 6.45) is -3.40. The Bertz CT molecular complexity index is 1100. The van der Waals surface area contributed by atoms with Crippen LogP contribution in [0.2, 0.25) is 0 Å². The molecule has 0 bridgehead atoms. The number of aromatic nitrogens is 2. The average molecular weight is 516 g/mol. The van der Waals surface area contributed by atoms with Crippen LogP contribution in [0.1, 0.15) is 36.4 Å². The van der Waals surface area contributed by atoms with Crippen LogP contribution in [-0.4, -0.2) is 59.7 Å². The Morgan fingerprint density at radius 2 is 1.94 bits per heavy atom. The molecule has 7 nitrogen and oxygen atoms in total. The minimum Gasteiger partial charge on any atom is -0.369 e. The first-order valence-electron chi connectivity index (χ1n) is 11.6. The van der Waals surface area contributed by atoms with Gasteiger partial charge < -0.3 is 16.0 Å². The van der Waals surface area contributed by atoms with Crippen molar-refractivity contribution in [2.45, 2.75) is 37.7 Å². The molecule has 0 radical (unpaired) electrons. The molecular weight excluding hydrogens is 490 g/mol. The van der Waals surface area contributed by atoms with Gasteiger partial charge in [-0.05, 0) is 37.9 Å². The number of piperidine rings is 1. The molecule has 13 heteroatoms. The van der Waals surface area contributed by atoms with Gasteiger partial charge in [-0.3, -0.25) is 9.69 Å². The van der Waals surface area contributed by atoms with Crippen LogP contribution in [-0.2, 0) is 11.0 Å². The zero-order valence-electron chi connectivity index (χ0n) is 19.2. The van der Waals surface area contributed by atoms with Gasteiger partial charge in [0.1, 0.15) is 18.3 Å². The maximum Gasteiger partial charge on any atom is 0.416 e. The molecular formula is C23H26F6N6O. The topological polar surface area (TPSA) is 87.4 Å². The summed E-state index contributed by atoms with van der Waals surface area (Å²) < 4.78 is 83.3. The van der Waals surface area contributed by atoms with Crippen LogP contribution in [0.3, 0.4) is 0 Å². The van der Waals surface area contributed by atoms with Crippen molar-refractivity contribution in [3.05, 3.63) is 47.3 Å². The first-order chi connectivity index (χ1) is 17.0. The molecule has 3 N–H and O–H groups in total. The van der Waals surface area contributed by atoms with Crippen LogP contribution in [0, 0.1) is 17.6 Å². The van der Waals surface area contributed by atoms with E-state index >= 15 is 4.39 Å². The normalized spacial score (nSPS) is 23.2. The Hall–Kier alpha value is -3.09. The highest BCUT2D eigenvalue weighted by Gasteiger charge is 2.35. The molecule has 1 amide bonds. The molecule has 2 saturated heterocycles. The molecule has 1 aromatic heterocycles. The molecule has 196 valence electrons. The number of benzene rings is 1. The van der Waals surface area contributed by atoms with Crippen molar-refractivity contribution in [1.82, 2.24) is 14.9 Å². The van der Waals surface area contributed by atoms with Crippen molar-refractivity contribution in [3.63, 3.8) is 0 Å². The number of anilines is 2. The van der Waals surface area contributed by atoms with Crippen molar-refractivity contribution in [2.24, 2.45) is 11.7 Å². The molecule has 2 aliphatic rings. The molecule has 0 aliphatic carbocycles. The minimum atomic E-state index is -4.68. The van der Waals surface area contributed by atoms with E-state index in [9.17, 15) is 26.7 Å². The van der Waals surface area contributed by atoms with Crippen LogP contribution >= 0.6 is 0 Å². The van der Waals surface area contributed by atoms with Crippen LogP contribution in [0.25, 0.3) is 0 Å². The molecule has 2 aromatic rings. The summed E-state index contributed by atoms with van der Waals surface area (Å²) in [5.74, 6) is -3.06. The molecule has 3 heterocycles. The summed E-state index contributed by atoms with van der Waals surface area (Å²) in [7, 11) is 0. The van der Waals surface area contributed by atoms with Crippen LogP contribution < -0.4 is 16.0 Å². The number of amides is 1. The maximum atomic E-state index is 15.4. The number of nitrogens with one attached hydrogen (secondary N) is 1. The lowest BCUT2D eigenvalue weighted by atomic mass is 9.95. The molecule has 0 spiro atoms. The fourth-order valence-corrected chi connectivity index (χ4v) is 4.84. The van der Waals surface area contributed by atoms with E-state index in [0.717, 1.165) is 18.5 Å². The van der Waals surface area contributed by atoms with Crippen LogP contribution in [0.5, 0.6) is 0 Å². The second-order valence-corrected chi connectivity index (χ2v) is 9.09. The smallest absolute Gasteiger partial charge is 0.369 e. The average Bonchev–Trinajstić information content (AvgIpc) is 3.27. The Labute approximate surface area is 203 Å². The Balaban J connectivity index is 1.47. The highest BCUT2D eigenvalue weighted by molar-refractivity contribution is 5.75. The molecule has 2 aliphatic heterocycles. The number of hydrogen-bond acceptors (Lipinski definition) is 6. The summed E-state index contributed by atoms with van der Waals surface area (Å²) in [4.78, 5) is 22.1. The number of likely N-dealkylation sites (tertiary alicyclic amines) is 1. The van der Waals surface area contributed by atoms with E-state index in [2.05, 4.69) is 15.3 Å². The first kappa shape index (κ1) is 26.0. The quantitative estimate of drug-likeness (QED) is 0.547. The number of nitrogens with zero attached hydrogens (tertiary/aromatic N) is 4. The number of nitrogens with two attached hydrogens (primary N) is 1. The third kappa shape index (κ3) is 5.66. The molecule has 2 unspecified atom stereocenters. The van der Waals surface area contributed by atoms with Gasteiger partial charge in [0.25, 0.3) is 0 Å². The summed E-state index contributed by atoms with van der Waals surface area (Å²) >= 11 is 0. The predicted molar refractivity (Wildman–Crippen MR) is 120 cm³/mol. The lowest BCUT2D eigenvalue weighted by Crippen LogP contribution is -2.46. The number of carbonyl (C=O) groups is 1. The van der Waals surface area contributed by atoms with Crippen molar-refractivity contribution >= 4 is 17.5 Å². The number of rotatable bonds is 7. The van der Waals surface area contributed by atoms with Crippen LogP contribution in [0.15, 0.2) is 24.5 Å². The molecule has 3 atom stereocenters. The molecule has 4 rings (SSSR count). The molecule has 0 saturated carbocycles. The fraction of sp³-hybridized carbons (Fsp3) is 0.522. The van der Waals surface area contributed by atoms with Gasteiger partial charge in [0.2, 0.25) is 11.7 Å². The third-order valence-corrected chi connectivity index (χ3v) is 6.65. The zero-order chi connectivity index (χ0) is 26.0. The van der Waals surface area contributed by atoms with Gasteiger partial charge in [-0.15, -0.1) is 0 Å². The van der Waals surface area contributed by atoms with Crippen molar-refractivity contribution < 1.29 is 31.1 Å². The van der Waals surface area contributed by atoms with E-state index in [1.165, 1.54) is 4.90 Å². The maximum absolute atomic E-state index is 15.4. The monoisotopic (exact) mass is 516 g/mol. The van der Waals surface area contributed by atoms with Gasteiger partial charge in [0, 0.05) is 31.1 Å². The molecule has 36 heavy (non-hydrogen) atoms. The number of alkyl halides is 4. The number of primary amides is 1. The highest BCUT2D eigenvalue weighted by Crippen LogP contribution is 2.40. The minimum absolute atomic E-state index is 0.0241. The van der Waals surface area contributed by atoms with Crippen molar-refractivity contribution in [3.8, 4) is 0 Å². The lowest BCUT2D eigenvalue weighted by molar-refractivity contribution is -0.137. The Morgan fingerprint density at radius 1 is 1.17 bits per heavy atom. The second-order valence-electron chi connectivity index (χ2n) is 9.09. The van der Waals surface area contributed by atoms with E-state index in [0.29, 0.717) is 38.4 Å². The van der Waals surface area contributed by atoms with E-state index < -0.39 is 47.4 Å². The van der Waals surface area contributed by atoms with Crippen LogP contribution in [0.4, 0.5) is 38.0 Å². The van der Waals surface area contributed by atoms with Crippen molar-refractivity contribution in [2.75, 3.05) is 42.9 Å². The number of carbonyl (C=O) groups excluding carboxylic acids is 1. The SMILES string of the molecule is NC(=O)CN1CCC(CNc2ncnc(N3CCC[C@H]3c3ccc(C(F)(F)F)cc3F)c2F)C(F)C1. The molecule has 1 aromatic carbocycles.